The van der Waals surface area contributed by atoms with Crippen LogP contribution in [0.1, 0.15) is 69.4 Å². The van der Waals surface area contributed by atoms with E-state index in [0.29, 0.717) is 30.6 Å². The van der Waals surface area contributed by atoms with Crippen molar-refractivity contribution < 1.29 is 27.5 Å². The molecule has 4 aromatic carbocycles. The Bertz CT molecular complexity index is 2080. The standard InChI is InChI=1S/C51H65F3N6O3/c1-39(61)49(59-27-23-41(24-28-59)22-26-56-31-35-58(36-32-56)48-16-7-12-43-11-5-6-15-47(43)48)60(50(62)63-38-42-9-3-2-4-10-42)45-19-17-40(18-20-45)21-25-55-29-33-57(34-30-55)46-14-8-13-44(37-46)51(52,53)54/h2-16,37,40-41,45,49H,17-36,38H2,1H3. The Morgan fingerprint density at radius 2 is 1.25 bits per heavy atom. The van der Waals surface area contributed by atoms with Gasteiger partial charge in [-0.3, -0.25) is 24.4 Å². The number of ketones is 1. The van der Waals surface area contributed by atoms with Crippen LogP contribution in [0.4, 0.5) is 29.3 Å². The SMILES string of the molecule is CC(=O)C(N1CCC(CCN2CCN(c3cccc4ccccc34)CC2)CC1)N(C(=O)OCc1ccccc1)C1CCC(CCN2CCN(c3cccc(C(F)(F)F)c3)CC2)CC1. The third-order valence-corrected chi connectivity index (χ3v) is 14.3. The Hall–Kier alpha value is -4.65. The Morgan fingerprint density at radius 3 is 1.90 bits per heavy atom. The van der Waals surface area contributed by atoms with Gasteiger partial charge < -0.3 is 14.5 Å². The van der Waals surface area contributed by atoms with Gasteiger partial charge in [0, 0.05) is 88.3 Å². The molecule has 1 aliphatic carbocycles. The number of ether oxygens (including phenoxy) is 1. The quantitative estimate of drug-likeness (QED) is 0.124. The zero-order valence-corrected chi connectivity index (χ0v) is 36.9. The van der Waals surface area contributed by atoms with Gasteiger partial charge in [0.15, 0.2) is 5.78 Å². The van der Waals surface area contributed by atoms with E-state index in [1.807, 2.05) is 40.1 Å². The van der Waals surface area contributed by atoms with Gasteiger partial charge in [0.25, 0.3) is 0 Å². The molecule has 0 radical (unpaired) electrons. The molecule has 338 valence electrons. The summed E-state index contributed by atoms with van der Waals surface area (Å²) >= 11 is 0. The summed E-state index contributed by atoms with van der Waals surface area (Å²) in [5.74, 6) is 1.08. The van der Waals surface area contributed by atoms with E-state index in [0.717, 1.165) is 128 Å². The summed E-state index contributed by atoms with van der Waals surface area (Å²) in [5, 5.41) is 2.61. The molecule has 1 unspecified atom stereocenters. The van der Waals surface area contributed by atoms with Crippen LogP contribution in [-0.2, 0) is 22.3 Å². The van der Waals surface area contributed by atoms with Crippen molar-refractivity contribution in [3.63, 3.8) is 0 Å². The molecule has 3 saturated heterocycles. The lowest BCUT2D eigenvalue weighted by atomic mass is 9.83. The van der Waals surface area contributed by atoms with Crippen LogP contribution >= 0.6 is 0 Å². The molecule has 1 atom stereocenters. The lowest BCUT2D eigenvalue weighted by Crippen LogP contribution is -2.60. The molecule has 8 rings (SSSR count). The van der Waals surface area contributed by atoms with E-state index in [2.05, 4.69) is 62.1 Å². The van der Waals surface area contributed by atoms with Crippen LogP contribution in [-0.4, -0.2) is 122 Å². The molecule has 63 heavy (non-hydrogen) atoms. The first-order valence-electron chi connectivity index (χ1n) is 23.4. The number of amides is 1. The van der Waals surface area contributed by atoms with Crippen molar-refractivity contribution in [1.82, 2.24) is 19.6 Å². The number of Topliss-reactive ketones (excluding diaryl/α,β-unsaturated/α-hetero) is 1. The number of anilines is 2. The largest absolute Gasteiger partial charge is 0.444 e. The number of benzene rings is 4. The molecule has 0 N–H and O–H groups in total. The van der Waals surface area contributed by atoms with Gasteiger partial charge in [0.05, 0.1) is 5.56 Å². The van der Waals surface area contributed by atoms with Crippen LogP contribution in [0.2, 0.25) is 0 Å². The molecule has 4 fully saturated rings. The number of carbonyl (C=O) groups is 2. The Morgan fingerprint density at radius 1 is 0.667 bits per heavy atom. The number of piperazine rings is 2. The molecule has 0 spiro atoms. The minimum absolute atomic E-state index is 0.0134. The normalized spacial score (nSPS) is 21.7. The topological polar surface area (TPSA) is 62.8 Å². The van der Waals surface area contributed by atoms with Gasteiger partial charge in [-0.05, 0) is 118 Å². The number of piperidine rings is 1. The zero-order valence-electron chi connectivity index (χ0n) is 36.9. The van der Waals surface area contributed by atoms with Crippen LogP contribution in [0.15, 0.2) is 97.1 Å². The minimum atomic E-state index is -4.35. The minimum Gasteiger partial charge on any atom is -0.444 e. The molecule has 3 heterocycles. The fourth-order valence-corrected chi connectivity index (χ4v) is 10.6. The number of hydrogen-bond donors (Lipinski definition) is 0. The van der Waals surface area contributed by atoms with Crippen LogP contribution in [0, 0.1) is 11.8 Å². The number of alkyl halides is 3. The number of fused-ring (bicyclic) bond motifs is 1. The average molecular weight is 867 g/mol. The molecule has 4 aliphatic rings. The highest BCUT2D eigenvalue weighted by molar-refractivity contribution is 5.94. The third-order valence-electron chi connectivity index (χ3n) is 14.3. The van der Waals surface area contributed by atoms with Gasteiger partial charge in [-0.25, -0.2) is 4.79 Å². The van der Waals surface area contributed by atoms with Crippen molar-refractivity contribution in [3.8, 4) is 0 Å². The number of nitrogens with zero attached hydrogens (tertiary/aromatic N) is 6. The third kappa shape index (κ3) is 11.5. The molecule has 9 nitrogen and oxygen atoms in total. The molecule has 1 amide bonds. The number of likely N-dealkylation sites (tertiary alicyclic amines) is 1. The fraction of sp³-hybridized carbons (Fsp3) is 0.529. The van der Waals surface area contributed by atoms with Gasteiger partial charge in [-0.1, -0.05) is 72.8 Å². The lowest BCUT2D eigenvalue weighted by molar-refractivity contribution is -0.137. The first kappa shape index (κ1) is 44.9. The molecule has 0 bridgehead atoms. The Kier molecular flexibility index (Phi) is 14.9. The van der Waals surface area contributed by atoms with E-state index in [-0.39, 0.29) is 18.4 Å². The highest BCUT2D eigenvalue weighted by Crippen LogP contribution is 2.35. The van der Waals surface area contributed by atoms with E-state index in [4.69, 9.17) is 4.74 Å². The molecule has 12 heteroatoms. The summed E-state index contributed by atoms with van der Waals surface area (Å²) in [4.78, 5) is 41.5. The lowest BCUT2D eigenvalue weighted by Gasteiger charge is -2.46. The van der Waals surface area contributed by atoms with Crippen LogP contribution < -0.4 is 9.80 Å². The van der Waals surface area contributed by atoms with E-state index in [1.54, 1.807) is 13.0 Å². The maximum Gasteiger partial charge on any atom is 0.416 e. The van der Waals surface area contributed by atoms with E-state index >= 15 is 0 Å². The number of rotatable bonds is 14. The van der Waals surface area contributed by atoms with Gasteiger partial charge in [-0.2, -0.15) is 13.2 Å². The second-order valence-electron chi connectivity index (χ2n) is 18.4. The van der Waals surface area contributed by atoms with E-state index < -0.39 is 24.0 Å². The molecular weight excluding hydrogens is 802 g/mol. The smallest absolute Gasteiger partial charge is 0.416 e. The number of carbonyl (C=O) groups excluding carboxylic acids is 2. The fourth-order valence-electron chi connectivity index (χ4n) is 10.6. The van der Waals surface area contributed by atoms with Gasteiger partial charge in [0.2, 0.25) is 0 Å². The van der Waals surface area contributed by atoms with Crippen LogP contribution in [0.25, 0.3) is 10.8 Å². The maximum atomic E-state index is 14.2. The first-order valence-corrected chi connectivity index (χ1v) is 23.4. The van der Waals surface area contributed by atoms with Crippen LogP contribution in [0.3, 0.4) is 0 Å². The monoisotopic (exact) mass is 867 g/mol. The van der Waals surface area contributed by atoms with Gasteiger partial charge in [-0.15, -0.1) is 0 Å². The predicted octanol–water partition coefficient (Wildman–Crippen LogP) is 9.41. The van der Waals surface area contributed by atoms with Crippen molar-refractivity contribution >= 4 is 34.0 Å². The summed E-state index contributed by atoms with van der Waals surface area (Å²) in [7, 11) is 0. The highest BCUT2D eigenvalue weighted by atomic mass is 19.4. The number of halogens is 3. The van der Waals surface area contributed by atoms with Crippen molar-refractivity contribution in [1.29, 1.82) is 0 Å². The predicted molar refractivity (Wildman–Crippen MR) is 245 cm³/mol. The summed E-state index contributed by atoms with van der Waals surface area (Å²) < 4.78 is 46.0. The van der Waals surface area contributed by atoms with Crippen molar-refractivity contribution in [2.75, 3.05) is 88.3 Å². The van der Waals surface area contributed by atoms with Crippen LogP contribution in [0.5, 0.6) is 0 Å². The molecule has 0 aromatic heterocycles. The highest BCUT2D eigenvalue weighted by Gasteiger charge is 2.41. The van der Waals surface area contributed by atoms with Gasteiger partial charge >= 0.3 is 12.3 Å². The second-order valence-corrected chi connectivity index (χ2v) is 18.4. The molecule has 1 saturated carbocycles. The summed E-state index contributed by atoms with van der Waals surface area (Å²) in [6.07, 6.45) is 2.38. The zero-order chi connectivity index (χ0) is 43.8. The summed E-state index contributed by atoms with van der Waals surface area (Å²) in [6, 6.07) is 30.5. The van der Waals surface area contributed by atoms with Crippen molar-refractivity contribution in [3.05, 3.63) is 108 Å². The average Bonchev–Trinajstić information content (AvgIpc) is 3.32. The molecular formula is C51H65F3N6O3. The Balaban J connectivity index is 0.821. The molecule has 4 aromatic rings. The first-order chi connectivity index (χ1) is 30.6. The van der Waals surface area contributed by atoms with Crippen molar-refractivity contribution in [2.24, 2.45) is 11.8 Å². The maximum absolute atomic E-state index is 14.2. The second kappa shape index (κ2) is 20.9. The van der Waals surface area contributed by atoms with Gasteiger partial charge in [0.1, 0.15) is 12.8 Å². The number of hydrogen-bond acceptors (Lipinski definition) is 8. The Labute approximate surface area is 371 Å². The van der Waals surface area contributed by atoms with E-state index in [1.165, 1.54) is 28.6 Å². The molecule has 3 aliphatic heterocycles. The van der Waals surface area contributed by atoms with E-state index in [9.17, 15) is 22.8 Å². The van der Waals surface area contributed by atoms with Crippen molar-refractivity contribution in [2.45, 2.75) is 83.3 Å². The summed E-state index contributed by atoms with van der Waals surface area (Å²) in [5.41, 5.74) is 2.27. The summed E-state index contributed by atoms with van der Waals surface area (Å²) in [6.45, 7) is 12.6.